The standard InChI is InChI=1S/C18H19N3O/c1-12-11-13-5-2-3-7-16(13)21(12)17-15(6-4-10-19-17)18(22)20-14-8-9-14/h2-7,10,12,14H,8-9,11H2,1H3,(H,20,22). The van der Waals surface area contributed by atoms with E-state index in [0.717, 1.165) is 30.8 Å². The fourth-order valence-electron chi connectivity index (χ4n) is 3.15. The summed E-state index contributed by atoms with van der Waals surface area (Å²) in [7, 11) is 0. The molecule has 1 aromatic carbocycles. The van der Waals surface area contributed by atoms with Crippen LogP contribution < -0.4 is 10.2 Å². The highest BCUT2D eigenvalue weighted by atomic mass is 16.1. The van der Waals surface area contributed by atoms with Crippen molar-refractivity contribution in [2.75, 3.05) is 4.90 Å². The first-order valence-corrected chi connectivity index (χ1v) is 7.87. The summed E-state index contributed by atoms with van der Waals surface area (Å²) in [6.45, 7) is 2.18. The van der Waals surface area contributed by atoms with Crippen LogP contribution in [0, 0.1) is 0 Å². The number of rotatable bonds is 3. The van der Waals surface area contributed by atoms with Crippen LogP contribution in [-0.2, 0) is 6.42 Å². The number of nitrogens with zero attached hydrogens (tertiary/aromatic N) is 2. The maximum Gasteiger partial charge on any atom is 0.255 e. The van der Waals surface area contributed by atoms with Gasteiger partial charge in [0.05, 0.1) is 5.56 Å². The molecular weight excluding hydrogens is 274 g/mol. The third kappa shape index (κ3) is 2.25. The molecular formula is C18H19N3O. The summed E-state index contributed by atoms with van der Waals surface area (Å²) in [5, 5.41) is 3.07. The van der Waals surface area contributed by atoms with Gasteiger partial charge in [0.1, 0.15) is 5.82 Å². The molecule has 2 aliphatic rings. The van der Waals surface area contributed by atoms with Crippen LogP contribution in [0.1, 0.15) is 35.7 Å². The van der Waals surface area contributed by atoms with E-state index in [1.165, 1.54) is 5.56 Å². The molecule has 0 saturated heterocycles. The zero-order valence-corrected chi connectivity index (χ0v) is 12.6. The molecule has 4 nitrogen and oxygen atoms in total. The second-order valence-electron chi connectivity index (χ2n) is 6.17. The highest BCUT2D eigenvalue weighted by Gasteiger charge is 2.31. The molecule has 1 atom stereocenters. The van der Waals surface area contributed by atoms with Crippen LogP contribution in [0.5, 0.6) is 0 Å². The van der Waals surface area contributed by atoms with Crippen molar-refractivity contribution < 1.29 is 4.79 Å². The minimum atomic E-state index is -0.0119. The molecule has 0 bridgehead atoms. The number of anilines is 2. The molecule has 1 amide bonds. The molecule has 4 heteroatoms. The minimum absolute atomic E-state index is 0.0119. The number of benzene rings is 1. The number of aromatic nitrogens is 1. The lowest BCUT2D eigenvalue weighted by atomic mass is 10.1. The predicted molar refractivity (Wildman–Crippen MR) is 86.5 cm³/mol. The average Bonchev–Trinajstić information content (AvgIpc) is 3.27. The number of para-hydroxylation sites is 1. The van der Waals surface area contributed by atoms with Crippen molar-refractivity contribution in [3.8, 4) is 0 Å². The van der Waals surface area contributed by atoms with Crippen molar-refractivity contribution in [2.45, 2.75) is 38.3 Å². The summed E-state index contributed by atoms with van der Waals surface area (Å²) in [6, 6.07) is 12.7. The zero-order valence-electron chi connectivity index (χ0n) is 12.6. The van der Waals surface area contributed by atoms with E-state index in [9.17, 15) is 4.79 Å². The van der Waals surface area contributed by atoms with E-state index in [1.54, 1.807) is 6.20 Å². The number of carbonyl (C=O) groups is 1. The Labute approximate surface area is 130 Å². The second-order valence-corrected chi connectivity index (χ2v) is 6.17. The van der Waals surface area contributed by atoms with Gasteiger partial charge in [0, 0.05) is 24.0 Å². The zero-order chi connectivity index (χ0) is 15.1. The average molecular weight is 293 g/mol. The summed E-state index contributed by atoms with van der Waals surface area (Å²) >= 11 is 0. The Hall–Kier alpha value is -2.36. The predicted octanol–water partition coefficient (Wildman–Crippen LogP) is 3.06. The van der Waals surface area contributed by atoms with Gasteiger partial charge in [-0.3, -0.25) is 4.79 Å². The van der Waals surface area contributed by atoms with Gasteiger partial charge in [-0.05, 0) is 49.9 Å². The van der Waals surface area contributed by atoms with Crippen LogP contribution in [0.15, 0.2) is 42.6 Å². The Kier molecular flexibility index (Phi) is 3.10. The van der Waals surface area contributed by atoms with Gasteiger partial charge in [-0.2, -0.15) is 0 Å². The lowest BCUT2D eigenvalue weighted by molar-refractivity contribution is 0.0951. The Balaban J connectivity index is 1.75. The molecule has 2 heterocycles. The number of nitrogens with one attached hydrogen (secondary N) is 1. The van der Waals surface area contributed by atoms with Crippen molar-refractivity contribution in [1.29, 1.82) is 0 Å². The molecule has 1 aliphatic heterocycles. The second kappa shape index (κ2) is 5.13. The summed E-state index contributed by atoms with van der Waals surface area (Å²) in [5.41, 5.74) is 3.14. The fourth-order valence-corrected chi connectivity index (χ4v) is 3.15. The van der Waals surface area contributed by atoms with Gasteiger partial charge in [-0.15, -0.1) is 0 Å². The summed E-state index contributed by atoms with van der Waals surface area (Å²) in [4.78, 5) is 19.2. The van der Waals surface area contributed by atoms with Gasteiger partial charge < -0.3 is 10.2 Å². The number of fused-ring (bicyclic) bond motifs is 1. The third-order valence-corrected chi connectivity index (χ3v) is 4.38. The monoisotopic (exact) mass is 293 g/mol. The van der Waals surface area contributed by atoms with Gasteiger partial charge in [0.15, 0.2) is 0 Å². The summed E-state index contributed by atoms with van der Waals surface area (Å²) in [5.74, 6) is 0.750. The van der Waals surface area contributed by atoms with Gasteiger partial charge in [-0.25, -0.2) is 4.98 Å². The molecule has 1 N–H and O–H groups in total. The first kappa shape index (κ1) is 13.3. The number of pyridine rings is 1. The maximum absolute atomic E-state index is 12.5. The molecule has 1 aliphatic carbocycles. The van der Waals surface area contributed by atoms with Crippen LogP contribution in [0.2, 0.25) is 0 Å². The SMILES string of the molecule is CC1Cc2ccccc2N1c1ncccc1C(=O)NC1CC1. The van der Waals surface area contributed by atoms with Crippen molar-refractivity contribution in [3.05, 3.63) is 53.7 Å². The number of hydrogen-bond acceptors (Lipinski definition) is 3. The molecule has 112 valence electrons. The molecule has 4 rings (SSSR count). The first-order valence-electron chi connectivity index (χ1n) is 7.87. The fraction of sp³-hybridized carbons (Fsp3) is 0.333. The van der Waals surface area contributed by atoms with Crippen molar-refractivity contribution in [3.63, 3.8) is 0 Å². The van der Waals surface area contributed by atoms with Crippen molar-refractivity contribution >= 4 is 17.4 Å². The van der Waals surface area contributed by atoms with E-state index in [0.29, 0.717) is 17.6 Å². The van der Waals surface area contributed by atoms with Crippen LogP contribution in [0.4, 0.5) is 11.5 Å². The lowest BCUT2D eigenvalue weighted by Gasteiger charge is -2.25. The Morgan fingerprint density at radius 1 is 1.23 bits per heavy atom. The highest BCUT2D eigenvalue weighted by Crippen LogP contribution is 2.38. The normalized spacial score (nSPS) is 19.9. The Morgan fingerprint density at radius 2 is 2.05 bits per heavy atom. The van der Waals surface area contributed by atoms with Crippen LogP contribution in [0.3, 0.4) is 0 Å². The van der Waals surface area contributed by atoms with E-state index in [4.69, 9.17) is 0 Å². The number of amides is 1. The van der Waals surface area contributed by atoms with E-state index in [-0.39, 0.29) is 5.91 Å². The third-order valence-electron chi connectivity index (χ3n) is 4.38. The first-order chi connectivity index (χ1) is 10.7. The van der Waals surface area contributed by atoms with Crippen molar-refractivity contribution in [1.82, 2.24) is 10.3 Å². The molecule has 0 radical (unpaired) electrons. The Morgan fingerprint density at radius 3 is 2.86 bits per heavy atom. The quantitative estimate of drug-likeness (QED) is 0.946. The number of hydrogen-bond donors (Lipinski definition) is 1. The summed E-state index contributed by atoms with van der Waals surface area (Å²) < 4.78 is 0. The van der Waals surface area contributed by atoms with E-state index >= 15 is 0 Å². The molecule has 1 fully saturated rings. The molecule has 22 heavy (non-hydrogen) atoms. The van der Waals surface area contributed by atoms with E-state index in [1.807, 2.05) is 18.2 Å². The molecule has 1 aromatic heterocycles. The maximum atomic E-state index is 12.5. The molecule has 2 aromatic rings. The minimum Gasteiger partial charge on any atom is -0.349 e. The van der Waals surface area contributed by atoms with Gasteiger partial charge in [0.25, 0.3) is 5.91 Å². The largest absolute Gasteiger partial charge is 0.349 e. The Bertz CT molecular complexity index is 724. The molecule has 1 unspecified atom stereocenters. The van der Waals surface area contributed by atoms with Gasteiger partial charge >= 0.3 is 0 Å². The van der Waals surface area contributed by atoms with Crippen LogP contribution in [0.25, 0.3) is 0 Å². The van der Waals surface area contributed by atoms with Crippen LogP contribution in [-0.4, -0.2) is 23.0 Å². The van der Waals surface area contributed by atoms with E-state index in [2.05, 4.69) is 40.3 Å². The highest BCUT2D eigenvalue weighted by molar-refractivity contribution is 6.00. The summed E-state index contributed by atoms with van der Waals surface area (Å²) in [6.07, 6.45) is 4.92. The van der Waals surface area contributed by atoms with Crippen molar-refractivity contribution in [2.24, 2.45) is 0 Å². The van der Waals surface area contributed by atoms with E-state index < -0.39 is 0 Å². The van der Waals surface area contributed by atoms with Gasteiger partial charge in [-0.1, -0.05) is 18.2 Å². The molecule has 1 saturated carbocycles. The number of carbonyl (C=O) groups excluding carboxylic acids is 1. The van der Waals surface area contributed by atoms with Gasteiger partial charge in [0.2, 0.25) is 0 Å². The van der Waals surface area contributed by atoms with Crippen LogP contribution >= 0.6 is 0 Å². The topological polar surface area (TPSA) is 45.2 Å². The molecule has 0 spiro atoms. The lowest BCUT2D eigenvalue weighted by Crippen LogP contribution is -2.31. The smallest absolute Gasteiger partial charge is 0.255 e.